The van der Waals surface area contributed by atoms with Crippen LogP contribution in [-0.4, -0.2) is 64.6 Å². The summed E-state index contributed by atoms with van der Waals surface area (Å²) in [7, 11) is 3.50. The van der Waals surface area contributed by atoms with Crippen molar-refractivity contribution in [3.8, 4) is 5.75 Å². The summed E-state index contributed by atoms with van der Waals surface area (Å²) in [4.78, 5) is 19.3. The zero-order chi connectivity index (χ0) is 28.4. The third-order valence-corrected chi connectivity index (χ3v) is 6.14. The predicted octanol–water partition coefficient (Wildman–Crippen LogP) is 4.27. The summed E-state index contributed by atoms with van der Waals surface area (Å²) in [6.07, 6.45) is -9.98. The third-order valence-electron chi connectivity index (χ3n) is 6.14. The Morgan fingerprint density at radius 2 is 1.77 bits per heavy atom. The van der Waals surface area contributed by atoms with E-state index in [1.54, 1.807) is 31.1 Å². The fraction of sp³-hybridized carbons (Fsp3) is 0.375. The average Bonchev–Trinajstić information content (AvgIpc) is 3.40. The number of carbonyl (C=O) groups excluding carboxylic acids is 1. The molecule has 0 unspecified atom stereocenters. The van der Waals surface area contributed by atoms with Gasteiger partial charge in [0.15, 0.2) is 11.4 Å². The molecule has 9 nitrogen and oxygen atoms in total. The molecule has 2 aromatic heterocycles. The van der Waals surface area contributed by atoms with Crippen molar-refractivity contribution in [2.24, 2.45) is 0 Å². The van der Waals surface area contributed by atoms with Gasteiger partial charge < -0.3 is 15.0 Å². The van der Waals surface area contributed by atoms with Crippen LogP contribution in [0, 0.1) is 0 Å². The van der Waals surface area contributed by atoms with Gasteiger partial charge in [0.2, 0.25) is 0 Å². The third kappa shape index (κ3) is 5.96. The normalized spacial score (nSPS) is 18.2. The Bertz CT molecular complexity index is 1320. The van der Waals surface area contributed by atoms with Crippen molar-refractivity contribution < 1.29 is 35.9 Å². The van der Waals surface area contributed by atoms with Crippen LogP contribution < -0.4 is 15.0 Å². The number of amides is 1. The number of hydrogen-bond donors (Lipinski definition) is 2. The van der Waals surface area contributed by atoms with Crippen molar-refractivity contribution in [2.45, 2.75) is 37.2 Å². The molecule has 3 heterocycles. The van der Waals surface area contributed by atoms with E-state index in [0.29, 0.717) is 5.82 Å². The first-order chi connectivity index (χ1) is 18.3. The second-order valence-electron chi connectivity index (χ2n) is 9.03. The number of alkyl halides is 6. The fourth-order valence-electron chi connectivity index (χ4n) is 4.19. The maximum atomic E-state index is 14.8. The van der Waals surface area contributed by atoms with E-state index in [-0.39, 0.29) is 46.9 Å². The van der Waals surface area contributed by atoms with Crippen LogP contribution in [0.15, 0.2) is 42.6 Å². The molecule has 0 radical (unpaired) electrons. The molecular formula is C24H23F6N7O2. The molecule has 0 saturated carbocycles. The van der Waals surface area contributed by atoms with Crippen molar-refractivity contribution in [1.82, 2.24) is 30.9 Å². The Hall–Kier alpha value is -4.17. The number of H-pyrrole nitrogens is 1. The van der Waals surface area contributed by atoms with Crippen LogP contribution in [0.25, 0.3) is 11.1 Å². The van der Waals surface area contributed by atoms with Crippen molar-refractivity contribution in [3.63, 3.8) is 0 Å². The van der Waals surface area contributed by atoms with Crippen molar-refractivity contribution in [3.05, 3.63) is 59.5 Å². The van der Waals surface area contributed by atoms with Gasteiger partial charge in [0.1, 0.15) is 11.6 Å². The molecule has 1 atom stereocenters. The van der Waals surface area contributed by atoms with Gasteiger partial charge in [-0.2, -0.15) is 26.3 Å². The summed E-state index contributed by atoms with van der Waals surface area (Å²) in [6.45, 7) is -0.266. The van der Waals surface area contributed by atoms with Crippen molar-refractivity contribution in [1.29, 1.82) is 0 Å². The fourth-order valence-corrected chi connectivity index (χ4v) is 4.19. The number of nitrogens with one attached hydrogen (secondary N) is 2. The molecule has 0 spiro atoms. The molecule has 1 aliphatic heterocycles. The molecule has 3 aromatic rings. The molecule has 208 valence electrons. The second kappa shape index (κ2) is 10.5. The number of nitrogens with zero attached hydrogens (tertiary/aromatic N) is 5. The lowest BCUT2D eigenvalue weighted by Gasteiger charge is -2.41. The quantitative estimate of drug-likeness (QED) is 0.316. The van der Waals surface area contributed by atoms with Gasteiger partial charge in [0.25, 0.3) is 5.91 Å². The molecule has 0 bridgehead atoms. The summed E-state index contributed by atoms with van der Waals surface area (Å²) in [5, 5.41) is 15.1. The first-order valence-corrected chi connectivity index (χ1v) is 11.6. The molecule has 1 aromatic carbocycles. The summed E-state index contributed by atoms with van der Waals surface area (Å²) >= 11 is 0. The van der Waals surface area contributed by atoms with Gasteiger partial charge in [0, 0.05) is 33.1 Å². The number of rotatable bonds is 8. The largest absolute Gasteiger partial charge is 0.494 e. The van der Waals surface area contributed by atoms with E-state index in [4.69, 9.17) is 4.74 Å². The summed E-state index contributed by atoms with van der Waals surface area (Å²) in [5.74, 6) is -0.530. The zero-order valence-corrected chi connectivity index (χ0v) is 20.7. The lowest BCUT2D eigenvalue weighted by atomic mass is 9.76. The number of tetrazole rings is 1. The lowest BCUT2D eigenvalue weighted by molar-refractivity contribution is -0.201. The highest BCUT2D eigenvalue weighted by Crippen LogP contribution is 2.49. The molecule has 0 aliphatic carbocycles. The van der Waals surface area contributed by atoms with E-state index < -0.39 is 36.6 Å². The van der Waals surface area contributed by atoms with Gasteiger partial charge >= 0.3 is 12.4 Å². The summed E-state index contributed by atoms with van der Waals surface area (Å²) in [5.41, 5.74) is -3.02. The molecule has 4 rings (SSSR count). The van der Waals surface area contributed by atoms with E-state index in [2.05, 4.69) is 30.9 Å². The predicted molar refractivity (Wildman–Crippen MR) is 127 cm³/mol. The van der Waals surface area contributed by atoms with Gasteiger partial charge in [-0.25, -0.2) is 10.1 Å². The van der Waals surface area contributed by atoms with Gasteiger partial charge in [0.05, 0.1) is 12.2 Å². The van der Waals surface area contributed by atoms with Crippen LogP contribution in [0.2, 0.25) is 0 Å². The van der Waals surface area contributed by atoms with E-state index in [1.165, 1.54) is 18.3 Å². The number of benzene rings is 1. The molecule has 1 amide bonds. The molecule has 0 saturated heterocycles. The minimum atomic E-state index is -4.95. The standard InChI is InChI=1S/C24H23F6N7O2/c1-37(2)18-9-4-14(13-31-18)17-12-22(24(28,29)30,32-21(38)19(17)20-33-35-36-34-20)15-5-7-16(8-6-15)39-11-3-10-23(25,26)27/h4-9,13H,3,10-12H2,1-2H3,(H,32,38)(H,33,34,35,36)/t22-/m0/s1. The Morgan fingerprint density at radius 1 is 1.05 bits per heavy atom. The molecule has 15 heteroatoms. The Morgan fingerprint density at radius 3 is 2.31 bits per heavy atom. The number of carbonyl (C=O) groups is 1. The van der Waals surface area contributed by atoms with E-state index in [9.17, 15) is 31.1 Å². The van der Waals surface area contributed by atoms with E-state index >= 15 is 0 Å². The Balaban J connectivity index is 1.72. The topological polar surface area (TPSA) is 109 Å². The number of pyridine rings is 1. The molecule has 1 aliphatic rings. The highest BCUT2D eigenvalue weighted by molar-refractivity contribution is 6.27. The van der Waals surface area contributed by atoms with Crippen LogP contribution in [0.1, 0.15) is 36.2 Å². The van der Waals surface area contributed by atoms with E-state index in [0.717, 1.165) is 12.1 Å². The highest BCUT2D eigenvalue weighted by Gasteiger charge is 2.59. The zero-order valence-electron chi connectivity index (χ0n) is 20.7. The number of halogens is 6. The average molecular weight is 555 g/mol. The van der Waals surface area contributed by atoms with Crippen LogP contribution in [0.4, 0.5) is 32.2 Å². The smallest absolute Gasteiger partial charge is 0.416 e. The Kier molecular flexibility index (Phi) is 7.52. The van der Waals surface area contributed by atoms with Crippen molar-refractivity contribution >= 4 is 22.9 Å². The molecule has 39 heavy (non-hydrogen) atoms. The minimum absolute atomic E-state index is 0.0138. The van der Waals surface area contributed by atoms with Crippen LogP contribution in [0.3, 0.4) is 0 Å². The maximum absolute atomic E-state index is 14.8. The molecular weight excluding hydrogens is 532 g/mol. The van der Waals surface area contributed by atoms with Gasteiger partial charge in [-0.15, -0.1) is 5.10 Å². The highest BCUT2D eigenvalue weighted by atomic mass is 19.4. The SMILES string of the molecule is CN(C)c1ccc(C2=C(c3nnn[nH]3)C(=O)N[C@@](c3ccc(OCCCC(F)(F)F)cc3)(C(F)(F)F)C2)cn1. The number of anilines is 1. The van der Waals surface area contributed by atoms with Gasteiger partial charge in [-0.3, -0.25) is 4.79 Å². The lowest BCUT2D eigenvalue weighted by Crippen LogP contribution is -2.58. The van der Waals surface area contributed by atoms with Gasteiger partial charge in [-0.05, 0) is 57.8 Å². The Labute approximate surface area is 218 Å². The summed E-state index contributed by atoms with van der Waals surface area (Å²) < 4.78 is 86.7. The number of ether oxygens (including phenoxy) is 1. The van der Waals surface area contributed by atoms with Crippen molar-refractivity contribution in [2.75, 3.05) is 25.6 Å². The first kappa shape index (κ1) is 27.9. The van der Waals surface area contributed by atoms with Gasteiger partial charge in [-0.1, -0.05) is 12.1 Å². The minimum Gasteiger partial charge on any atom is -0.494 e. The maximum Gasteiger partial charge on any atom is 0.416 e. The molecule has 0 fully saturated rings. The monoisotopic (exact) mass is 555 g/mol. The van der Waals surface area contributed by atoms with Crippen LogP contribution >= 0.6 is 0 Å². The van der Waals surface area contributed by atoms with Crippen LogP contribution in [0.5, 0.6) is 5.75 Å². The number of aromatic nitrogens is 5. The van der Waals surface area contributed by atoms with Crippen LogP contribution in [-0.2, 0) is 10.3 Å². The summed E-state index contributed by atoms with van der Waals surface area (Å²) in [6, 6.07) is 7.84. The second-order valence-corrected chi connectivity index (χ2v) is 9.03. The number of hydrogen-bond acceptors (Lipinski definition) is 7. The van der Waals surface area contributed by atoms with E-state index in [1.807, 2.05) is 0 Å². The number of aromatic amines is 1. The first-order valence-electron chi connectivity index (χ1n) is 11.6. The molecule has 2 N–H and O–H groups in total.